The van der Waals surface area contributed by atoms with Gasteiger partial charge in [-0.15, -0.1) is 11.3 Å². The second-order valence-corrected chi connectivity index (χ2v) is 15.3. The molecule has 0 spiro atoms. The van der Waals surface area contributed by atoms with Crippen molar-refractivity contribution in [2.75, 3.05) is 4.90 Å². The minimum absolute atomic E-state index is 0.0519. The summed E-state index contributed by atoms with van der Waals surface area (Å²) in [4.78, 5) is 2.50. The first-order valence-electron chi connectivity index (χ1n) is 17.8. The molecule has 10 rings (SSSR count). The van der Waals surface area contributed by atoms with Crippen molar-refractivity contribution in [2.24, 2.45) is 0 Å². The molecule has 0 saturated heterocycles. The van der Waals surface area contributed by atoms with Gasteiger partial charge < -0.3 is 4.90 Å². The largest absolute Gasteiger partial charge is 0.313 e. The van der Waals surface area contributed by atoms with Gasteiger partial charge in [0.05, 0.1) is 16.1 Å². The van der Waals surface area contributed by atoms with E-state index in [9.17, 15) is 0 Å². The molecule has 1 nitrogen and oxygen atoms in total. The van der Waals surface area contributed by atoms with Crippen LogP contribution in [-0.2, 0) is 5.41 Å². The lowest BCUT2D eigenvalue weighted by atomic mass is 9.77. The van der Waals surface area contributed by atoms with Crippen LogP contribution < -0.4 is 4.90 Å². The third-order valence-electron chi connectivity index (χ3n) is 11.0. The molecule has 2 aliphatic carbocycles. The Morgan fingerprint density at radius 1 is 0.569 bits per heavy atom. The summed E-state index contributed by atoms with van der Waals surface area (Å²) in [5.74, 6) is 0. The Hall–Kier alpha value is -5.88. The molecule has 0 fully saturated rings. The first-order valence-corrected chi connectivity index (χ1v) is 18.6. The smallest absolute Gasteiger partial charge is 0.0857 e. The van der Waals surface area contributed by atoms with E-state index in [2.05, 4.69) is 183 Å². The number of hydrogen-bond acceptors (Lipinski definition) is 2. The van der Waals surface area contributed by atoms with E-state index in [0.29, 0.717) is 0 Å². The van der Waals surface area contributed by atoms with Gasteiger partial charge in [-0.2, -0.15) is 0 Å². The molecule has 0 radical (unpaired) electrons. The lowest BCUT2D eigenvalue weighted by Crippen LogP contribution is -2.20. The monoisotopic (exact) mass is 669 g/mol. The van der Waals surface area contributed by atoms with Gasteiger partial charge in [0.1, 0.15) is 0 Å². The minimum Gasteiger partial charge on any atom is -0.313 e. The SMILES string of the molecule is CC1(C)c2ccccc2-c2cccc(C3=CC=C(N(c4ccccc4-c4c#cc5sc6ccccc6c5c4)c4cccc5ccccc45)CC3)c21. The van der Waals surface area contributed by atoms with Gasteiger partial charge in [-0.1, -0.05) is 141 Å². The van der Waals surface area contributed by atoms with Crippen LogP contribution in [0, 0.1) is 12.1 Å². The van der Waals surface area contributed by atoms with Crippen molar-refractivity contribution < 1.29 is 0 Å². The van der Waals surface area contributed by atoms with Crippen molar-refractivity contribution in [1.82, 2.24) is 0 Å². The van der Waals surface area contributed by atoms with E-state index >= 15 is 0 Å². The number of fused-ring (bicyclic) bond motifs is 7. The van der Waals surface area contributed by atoms with E-state index in [1.165, 1.54) is 71.0 Å². The Balaban J connectivity index is 1.14. The predicted molar refractivity (Wildman–Crippen MR) is 218 cm³/mol. The Kier molecular flexibility index (Phi) is 6.82. The quantitative estimate of drug-likeness (QED) is 0.176. The lowest BCUT2D eigenvalue weighted by Gasteiger charge is -2.33. The number of anilines is 2. The molecule has 2 aliphatic rings. The molecule has 0 aliphatic heterocycles. The number of nitrogens with zero attached hydrogens (tertiary/aromatic N) is 1. The average molecular weight is 670 g/mol. The van der Waals surface area contributed by atoms with Gasteiger partial charge in [0, 0.05) is 43.1 Å². The van der Waals surface area contributed by atoms with Gasteiger partial charge in [0.15, 0.2) is 0 Å². The molecule has 1 heterocycles. The lowest BCUT2D eigenvalue weighted by molar-refractivity contribution is 0.657. The maximum atomic E-state index is 3.57. The van der Waals surface area contributed by atoms with Crippen molar-refractivity contribution >= 4 is 59.2 Å². The number of allylic oxidation sites excluding steroid dienone is 4. The third-order valence-corrected chi connectivity index (χ3v) is 12.1. The van der Waals surface area contributed by atoms with Gasteiger partial charge in [0.2, 0.25) is 0 Å². The second-order valence-electron chi connectivity index (χ2n) is 14.2. The fourth-order valence-electron chi connectivity index (χ4n) is 8.64. The molecule has 1 aromatic heterocycles. The molecule has 2 heteroatoms. The van der Waals surface area contributed by atoms with E-state index in [4.69, 9.17) is 0 Å². The molecule has 0 amide bonds. The number of thiophene rings is 1. The van der Waals surface area contributed by atoms with Crippen LogP contribution in [0.2, 0.25) is 0 Å². The zero-order valence-electron chi connectivity index (χ0n) is 28.7. The standard InChI is InChI=1S/C49H35NS/c1-49(2)43-21-8-5-17-39(43)41-20-12-19-38(48(41)49)33-25-28-35(29-26-33)50(45-23-11-14-32-13-3-4-15-36(32)45)44-22-9-6-16-37(44)34-27-30-47-42(31-34)40-18-7-10-24-46(40)51-47/h3-25,28,31H,26,29H2,1-2H3. The molecule has 51 heavy (non-hydrogen) atoms. The molecule has 8 aromatic rings. The van der Waals surface area contributed by atoms with Crippen LogP contribution >= 0.6 is 11.3 Å². The Labute approximate surface area is 303 Å². The summed E-state index contributed by atoms with van der Waals surface area (Å²) in [6, 6.07) is 58.1. The van der Waals surface area contributed by atoms with Crippen LogP contribution in [0.3, 0.4) is 0 Å². The third kappa shape index (κ3) is 4.69. The summed E-state index contributed by atoms with van der Waals surface area (Å²) in [6.45, 7) is 4.77. The molecule has 242 valence electrons. The van der Waals surface area contributed by atoms with E-state index in [1.54, 1.807) is 11.3 Å². The van der Waals surface area contributed by atoms with Crippen LogP contribution in [0.4, 0.5) is 11.4 Å². The maximum absolute atomic E-state index is 3.57. The van der Waals surface area contributed by atoms with E-state index in [-0.39, 0.29) is 5.41 Å². The fourth-order valence-corrected chi connectivity index (χ4v) is 9.68. The van der Waals surface area contributed by atoms with Crippen LogP contribution in [0.15, 0.2) is 157 Å². The topological polar surface area (TPSA) is 3.24 Å². The van der Waals surface area contributed by atoms with Gasteiger partial charge in [-0.05, 0) is 88.0 Å². The Morgan fingerprint density at radius 3 is 2.14 bits per heavy atom. The highest BCUT2D eigenvalue weighted by Gasteiger charge is 2.37. The zero-order valence-corrected chi connectivity index (χ0v) is 29.5. The second kappa shape index (κ2) is 11.6. The summed E-state index contributed by atoms with van der Waals surface area (Å²) in [5, 5.41) is 4.98. The number of benzene rings is 6. The van der Waals surface area contributed by atoms with Gasteiger partial charge >= 0.3 is 0 Å². The van der Waals surface area contributed by atoms with Crippen molar-refractivity contribution in [3.05, 3.63) is 186 Å². The summed E-state index contributed by atoms with van der Waals surface area (Å²) < 4.78 is 2.43. The average Bonchev–Trinajstić information content (AvgIpc) is 3.67. The molecule has 0 bridgehead atoms. The summed E-state index contributed by atoms with van der Waals surface area (Å²) in [7, 11) is 0. The molecule has 0 unspecified atom stereocenters. The normalized spacial score (nSPS) is 14.5. The highest BCUT2D eigenvalue weighted by Crippen LogP contribution is 2.52. The summed E-state index contributed by atoms with van der Waals surface area (Å²) in [6.07, 6.45) is 6.64. The molecule has 0 N–H and O–H groups in total. The fraction of sp³-hybridized carbons (Fsp3) is 0.102. The predicted octanol–water partition coefficient (Wildman–Crippen LogP) is 13.7. The summed E-state index contributed by atoms with van der Waals surface area (Å²) in [5.41, 5.74) is 14.2. The number of rotatable bonds is 5. The minimum atomic E-state index is -0.0519. The Morgan fingerprint density at radius 2 is 1.25 bits per heavy atom. The highest BCUT2D eigenvalue weighted by atomic mass is 32.1. The molecular formula is C49H35NS. The Bertz CT molecular complexity index is 2730. The van der Waals surface area contributed by atoms with Crippen molar-refractivity contribution in [3.63, 3.8) is 0 Å². The van der Waals surface area contributed by atoms with Crippen molar-refractivity contribution in [3.8, 4) is 22.3 Å². The van der Waals surface area contributed by atoms with Crippen LogP contribution in [0.1, 0.15) is 43.4 Å². The van der Waals surface area contributed by atoms with E-state index in [0.717, 1.165) is 34.4 Å². The van der Waals surface area contributed by atoms with E-state index in [1.807, 2.05) is 0 Å². The van der Waals surface area contributed by atoms with E-state index < -0.39 is 0 Å². The number of para-hydroxylation sites is 1. The molecule has 0 saturated carbocycles. The molecule has 0 atom stereocenters. The molecular weight excluding hydrogens is 635 g/mol. The first kappa shape index (κ1) is 30.0. The van der Waals surface area contributed by atoms with Crippen molar-refractivity contribution in [2.45, 2.75) is 32.1 Å². The maximum Gasteiger partial charge on any atom is 0.0857 e. The van der Waals surface area contributed by atoms with Crippen LogP contribution in [-0.4, -0.2) is 0 Å². The van der Waals surface area contributed by atoms with Crippen molar-refractivity contribution in [1.29, 1.82) is 0 Å². The van der Waals surface area contributed by atoms with Gasteiger partial charge in [-0.25, -0.2) is 0 Å². The first-order chi connectivity index (χ1) is 25.1. The summed E-state index contributed by atoms with van der Waals surface area (Å²) >= 11 is 1.79. The van der Waals surface area contributed by atoms with Gasteiger partial charge in [0.25, 0.3) is 0 Å². The highest BCUT2D eigenvalue weighted by molar-refractivity contribution is 7.25. The number of hydrogen-bond donors (Lipinski definition) is 0. The molecule has 7 aromatic carbocycles. The van der Waals surface area contributed by atoms with Gasteiger partial charge in [-0.3, -0.25) is 0 Å². The van der Waals surface area contributed by atoms with Crippen LogP contribution in [0.5, 0.6) is 0 Å². The zero-order chi connectivity index (χ0) is 34.1. The van der Waals surface area contributed by atoms with Crippen LogP contribution in [0.25, 0.3) is 58.8 Å².